The van der Waals surface area contributed by atoms with Crippen molar-refractivity contribution < 1.29 is 17.9 Å². The molecule has 0 bridgehead atoms. The molecule has 0 saturated heterocycles. The average molecular weight is 333 g/mol. The molecule has 2 rings (SSSR count). The molecule has 0 saturated carbocycles. The van der Waals surface area contributed by atoms with Crippen molar-refractivity contribution in [3.05, 3.63) is 54.1 Å². The number of para-hydroxylation sites is 1. The maximum atomic E-state index is 11.9. The van der Waals surface area contributed by atoms with Crippen LogP contribution in [0.15, 0.2) is 53.4 Å². The fourth-order valence-corrected chi connectivity index (χ4v) is 2.69. The number of carbonyl (C=O) groups excluding carboxylic acids is 1. The molecule has 2 aromatic rings. The Morgan fingerprint density at radius 2 is 1.74 bits per heavy atom. The van der Waals surface area contributed by atoms with Crippen molar-refractivity contribution in [2.75, 3.05) is 18.2 Å². The van der Waals surface area contributed by atoms with Crippen molar-refractivity contribution in [3.8, 4) is 5.75 Å². The van der Waals surface area contributed by atoms with Crippen LogP contribution in [0.5, 0.6) is 5.75 Å². The third-order valence-electron chi connectivity index (χ3n) is 3.28. The molecule has 0 aliphatic carbocycles. The van der Waals surface area contributed by atoms with E-state index in [0.717, 1.165) is 18.2 Å². The van der Waals surface area contributed by atoms with Crippen LogP contribution in [0, 0.1) is 0 Å². The van der Waals surface area contributed by atoms with Gasteiger partial charge in [0.15, 0.2) is 16.4 Å². The Bertz CT molecular complexity index is 782. The zero-order valence-corrected chi connectivity index (χ0v) is 13.9. The number of benzene rings is 2. The van der Waals surface area contributed by atoms with Gasteiger partial charge in [0.25, 0.3) is 5.91 Å². The van der Waals surface area contributed by atoms with Crippen LogP contribution in [-0.4, -0.2) is 27.2 Å². The smallest absolute Gasteiger partial charge is 0.262 e. The first kappa shape index (κ1) is 17.0. The lowest BCUT2D eigenvalue weighted by molar-refractivity contribution is -0.118. The highest BCUT2D eigenvalue weighted by Crippen LogP contribution is 2.18. The highest BCUT2D eigenvalue weighted by molar-refractivity contribution is 7.90. The largest absolute Gasteiger partial charge is 0.483 e. The number of hydrogen-bond donors (Lipinski definition) is 1. The van der Waals surface area contributed by atoms with E-state index < -0.39 is 9.84 Å². The van der Waals surface area contributed by atoms with Gasteiger partial charge in [-0.05, 0) is 42.3 Å². The minimum atomic E-state index is -3.24. The summed E-state index contributed by atoms with van der Waals surface area (Å²) in [6.07, 6.45) is 1.96. The summed E-state index contributed by atoms with van der Waals surface area (Å²) in [5.74, 6) is 0.389. The molecule has 23 heavy (non-hydrogen) atoms. The third-order valence-corrected chi connectivity index (χ3v) is 4.41. The Labute approximate surface area is 136 Å². The average Bonchev–Trinajstić information content (AvgIpc) is 2.53. The summed E-state index contributed by atoms with van der Waals surface area (Å²) in [5, 5.41) is 2.67. The lowest BCUT2D eigenvalue weighted by atomic mass is 10.1. The lowest BCUT2D eigenvalue weighted by Gasteiger charge is -2.10. The topological polar surface area (TPSA) is 72.5 Å². The van der Waals surface area contributed by atoms with Gasteiger partial charge in [0, 0.05) is 11.9 Å². The van der Waals surface area contributed by atoms with Gasteiger partial charge >= 0.3 is 0 Å². The molecule has 0 aliphatic heterocycles. The van der Waals surface area contributed by atoms with Gasteiger partial charge in [0.05, 0.1) is 4.90 Å². The Hall–Kier alpha value is -2.34. The number of hydrogen-bond acceptors (Lipinski definition) is 4. The molecule has 5 nitrogen and oxygen atoms in total. The van der Waals surface area contributed by atoms with E-state index in [1.165, 1.54) is 12.1 Å². The van der Waals surface area contributed by atoms with E-state index in [-0.39, 0.29) is 17.4 Å². The van der Waals surface area contributed by atoms with Crippen LogP contribution in [0.25, 0.3) is 0 Å². The van der Waals surface area contributed by atoms with E-state index in [1.807, 2.05) is 31.2 Å². The molecule has 0 aliphatic rings. The van der Waals surface area contributed by atoms with Crippen LogP contribution < -0.4 is 10.1 Å². The fourth-order valence-electron chi connectivity index (χ4n) is 2.06. The summed E-state index contributed by atoms with van der Waals surface area (Å²) in [6, 6.07) is 13.6. The van der Waals surface area contributed by atoms with Gasteiger partial charge in [-0.1, -0.05) is 25.1 Å². The summed E-state index contributed by atoms with van der Waals surface area (Å²) < 4.78 is 28.3. The van der Waals surface area contributed by atoms with Crippen LogP contribution in [0.3, 0.4) is 0 Å². The molecular formula is C17H19NO4S. The van der Waals surface area contributed by atoms with Crippen LogP contribution in [0.4, 0.5) is 5.69 Å². The quantitative estimate of drug-likeness (QED) is 0.882. The summed E-state index contributed by atoms with van der Waals surface area (Å²) in [5.41, 5.74) is 1.56. The van der Waals surface area contributed by atoms with E-state index in [1.54, 1.807) is 12.1 Å². The van der Waals surface area contributed by atoms with Gasteiger partial charge in [-0.15, -0.1) is 0 Å². The SMILES string of the molecule is CCc1ccccc1OCC(=O)Nc1ccc(S(C)(=O)=O)cc1. The van der Waals surface area contributed by atoms with Crippen LogP contribution in [0.1, 0.15) is 12.5 Å². The Balaban J connectivity index is 1.95. The first-order valence-electron chi connectivity index (χ1n) is 7.21. The zero-order valence-electron chi connectivity index (χ0n) is 13.1. The second kappa shape index (κ2) is 7.28. The van der Waals surface area contributed by atoms with Gasteiger partial charge in [-0.25, -0.2) is 8.42 Å². The number of sulfone groups is 1. The minimum Gasteiger partial charge on any atom is -0.483 e. The zero-order chi connectivity index (χ0) is 16.9. The summed E-state index contributed by atoms with van der Waals surface area (Å²) >= 11 is 0. The van der Waals surface area contributed by atoms with Crippen molar-refractivity contribution in [1.82, 2.24) is 0 Å². The first-order valence-corrected chi connectivity index (χ1v) is 9.10. The molecule has 0 atom stereocenters. The van der Waals surface area contributed by atoms with Crippen LogP contribution in [-0.2, 0) is 21.1 Å². The molecule has 2 aromatic carbocycles. The van der Waals surface area contributed by atoms with Crippen molar-refractivity contribution in [2.45, 2.75) is 18.2 Å². The van der Waals surface area contributed by atoms with Gasteiger partial charge in [-0.3, -0.25) is 4.79 Å². The Morgan fingerprint density at radius 3 is 2.35 bits per heavy atom. The molecule has 1 N–H and O–H groups in total. The maximum Gasteiger partial charge on any atom is 0.262 e. The molecule has 0 spiro atoms. The van der Waals surface area contributed by atoms with Gasteiger partial charge in [0.1, 0.15) is 5.75 Å². The number of nitrogens with one attached hydrogen (secondary N) is 1. The Morgan fingerprint density at radius 1 is 1.09 bits per heavy atom. The highest BCUT2D eigenvalue weighted by Gasteiger charge is 2.09. The van der Waals surface area contributed by atoms with E-state index in [2.05, 4.69) is 5.32 Å². The monoisotopic (exact) mass is 333 g/mol. The van der Waals surface area contributed by atoms with E-state index >= 15 is 0 Å². The van der Waals surface area contributed by atoms with Gasteiger partial charge in [-0.2, -0.15) is 0 Å². The highest BCUT2D eigenvalue weighted by atomic mass is 32.2. The van der Waals surface area contributed by atoms with E-state index in [4.69, 9.17) is 4.74 Å². The molecule has 1 amide bonds. The van der Waals surface area contributed by atoms with Crippen LogP contribution >= 0.6 is 0 Å². The van der Waals surface area contributed by atoms with Gasteiger partial charge < -0.3 is 10.1 Å². The summed E-state index contributed by atoms with van der Waals surface area (Å²) in [7, 11) is -3.24. The number of anilines is 1. The molecule has 122 valence electrons. The number of amides is 1. The molecule has 0 unspecified atom stereocenters. The normalized spacial score (nSPS) is 11.0. The maximum absolute atomic E-state index is 11.9. The molecule has 0 fully saturated rings. The molecule has 6 heteroatoms. The minimum absolute atomic E-state index is 0.106. The second-order valence-electron chi connectivity index (χ2n) is 5.09. The lowest BCUT2D eigenvalue weighted by Crippen LogP contribution is -2.20. The van der Waals surface area contributed by atoms with Crippen molar-refractivity contribution in [2.24, 2.45) is 0 Å². The predicted molar refractivity (Wildman–Crippen MR) is 89.5 cm³/mol. The van der Waals surface area contributed by atoms with Gasteiger partial charge in [0.2, 0.25) is 0 Å². The second-order valence-corrected chi connectivity index (χ2v) is 7.11. The molecule has 0 aromatic heterocycles. The summed E-state index contributed by atoms with van der Waals surface area (Å²) in [4.78, 5) is 12.1. The van der Waals surface area contributed by atoms with Crippen molar-refractivity contribution in [1.29, 1.82) is 0 Å². The van der Waals surface area contributed by atoms with Crippen molar-refractivity contribution in [3.63, 3.8) is 0 Å². The number of aryl methyl sites for hydroxylation is 1. The number of ether oxygens (including phenoxy) is 1. The number of carbonyl (C=O) groups is 1. The van der Waals surface area contributed by atoms with Crippen LogP contribution in [0.2, 0.25) is 0 Å². The molecule has 0 heterocycles. The molecular weight excluding hydrogens is 314 g/mol. The Kier molecular flexibility index (Phi) is 5.39. The standard InChI is InChI=1S/C17H19NO4S/c1-3-13-6-4-5-7-16(13)22-12-17(19)18-14-8-10-15(11-9-14)23(2,20)21/h4-11H,3,12H2,1-2H3,(H,18,19). The third kappa shape index (κ3) is 4.82. The summed E-state index contributed by atoms with van der Waals surface area (Å²) in [6.45, 7) is 1.91. The van der Waals surface area contributed by atoms with Crippen molar-refractivity contribution >= 4 is 21.4 Å². The van der Waals surface area contributed by atoms with E-state index in [0.29, 0.717) is 11.4 Å². The number of rotatable bonds is 6. The molecule has 0 radical (unpaired) electrons. The predicted octanol–water partition coefficient (Wildman–Crippen LogP) is 2.67. The first-order chi connectivity index (χ1) is 10.9. The fraction of sp³-hybridized carbons (Fsp3) is 0.235. The van der Waals surface area contributed by atoms with E-state index in [9.17, 15) is 13.2 Å².